The molecule has 0 bridgehead atoms. The van der Waals surface area contributed by atoms with Gasteiger partial charge in [-0.25, -0.2) is 4.39 Å². The van der Waals surface area contributed by atoms with Crippen molar-refractivity contribution in [2.24, 2.45) is 0 Å². The van der Waals surface area contributed by atoms with Gasteiger partial charge in [0, 0.05) is 4.90 Å². The summed E-state index contributed by atoms with van der Waals surface area (Å²) in [6.07, 6.45) is 0. The van der Waals surface area contributed by atoms with Crippen molar-refractivity contribution in [2.75, 3.05) is 0 Å². The molecule has 0 nitrogen and oxygen atoms in total. The molecule has 5 heteroatoms. The summed E-state index contributed by atoms with van der Waals surface area (Å²) >= 11 is -0.351. The van der Waals surface area contributed by atoms with E-state index in [0.717, 1.165) is 12.1 Å². The SMILES string of the molecule is [CH2]c1cc(F)cc(SC(F)(F)F)c1. The molecule has 0 unspecified atom stereocenters. The zero-order valence-corrected chi connectivity index (χ0v) is 7.18. The van der Waals surface area contributed by atoms with Gasteiger partial charge < -0.3 is 0 Å². The Labute approximate surface area is 76.9 Å². The van der Waals surface area contributed by atoms with Crippen LogP contribution in [0.5, 0.6) is 0 Å². The Balaban J connectivity index is 2.90. The third-order valence-electron chi connectivity index (χ3n) is 1.16. The molecular formula is C8H5F4S. The fourth-order valence-corrected chi connectivity index (χ4v) is 1.46. The smallest absolute Gasteiger partial charge is 0.207 e. The Morgan fingerprint density at radius 1 is 1.15 bits per heavy atom. The zero-order valence-electron chi connectivity index (χ0n) is 6.36. The van der Waals surface area contributed by atoms with Crippen LogP contribution in [0.1, 0.15) is 5.56 Å². The predicted octanol–water partition coefficient (Wildman–Crippen LogP) is 3.62. The molecule has 0 saturated carbocycles. The van der Waals surface area contributed by atoms with E-state index in [0.29, 0.717) is 0 Å². The van der Waals surface area contributed by atoms with Crippen LogP contribution in [0.2, 0.25) is 0 Å². The molecule has 71 valence electrons. The molecule has 0 aliphatic carbocycles. The van der Waals surface area contributed by atoms with Gasteiger partial charge >= 0.3 is 5.51 Å². The predicted molar refractivity (Wildman–Crippen MR) is 42.8 cm³/mol. The number of rotatable bonds is 1. The van der Waals surface area contributed by atoms with Gasteiger partial charge in [-0.2, -0.15) is 13.2 Å². The van der Waals surface area contributed by atoms with Crippen molar-refractivity contribution in [3.05, 3.63) is 36.5 Å². The average Bonchev–Trinajstić information content (AvgIpc) is 1.78. The molecule has 0 amide bonds. The summed E-state index contributed by atoms with van der Waals surface area (Å²) in [5.41, 5.74) is -4.16. The van der Waals surface area contributed by atoms with Crippen LogP contribution in [0.15, 0.2) is 23.1 Å². The van der Waals surface area contributed by atoms with E-state index in [4.69, 9.17) is 0 Å². The Bertz CT molecular complexity index is 285. The van der Waals surface area contributed by atoms with Crippen molar-refractivity contribution in [1.82, 2.24) is 0 Å². The number of benzene rings is 1. The minimum absolute atomic E-state index is 0.183. The van der Waals surface area contributed by atoms with E-state index < -0.39 is 11.3 Å². The summed E-state index contributed by atoms with van der Waals surface area (Å²) in [5.74, 6) is -0.709. The maximum atomic E-state index is 12.6. The van der Waals surface area contributed by atoms with Crippen molar-refractivity contribution >= 4 is 11.8 Å². The summed E-state index contributed by atoms with van der Waals surface area (Å²) < 4.78 is 48.1. The maximum Gasteiger partial charge on any atom is 0.446 e. The lowest BCUT2D eigenvalue weighted by molar-refractivity contribution is -0.0328. The summed E-state index contributed by atoms with van der Waals surface area (Å²) in [4.78, 5) is -0.183. The van der Waals surface area contributed by atoms with E-state index in [-0.39, 0.29) is 22.2 Å². The Hall–Kier alpha value is -0.710. The highest BCUT2D eigenvalue weighted by Crippen LogP contribution is 2.37. The van der Waals surface area contributed by atoms with Crippen LogP contribution < -0.4 is 0 Å². The van der Waals surface area contributed by atoms with E-state index in [1.807, 2.05) is 0 Å². The highest BCUT2D eigenvalue weighted by atomic mass is 32.2. The number of thioether (sulfide) groups is 1. The molecule has 0 aliphatic heterocycles. The minimum Gasteiger partial charge on any atom is -0.207 e. The van der Waals surface area contributed by atoms with Crippen molar-refractivity contribution in [1.29, 1.82) is 0 Å². The van der Waals surface area contributed by atoms with Gasteiger partial charge in [-0.3, -0.25) is 0 Å². The van der Waals surface area contributed by atoms with Crippen LogP contribution in [-0.4, -0.2) is 5.51 Å². The van der Waals surface area contributed by atoms with Crippen molar-refractivity contribution in [3.8, 4) is 0 Å². The molecule has 1 radical (unpaired) electrons. The topological polar surface area (TPSA) is 0 Å². The molecule has 0 spiro atoms. The average molecular weight is 209 g/mol. The van der Waals surface area contributed by atoms with Crippen LogP contribution >= 0.6 is 11.8 Å². The lowest BCUT2D eigenvalue weighted by Crippen LogP contribution is -1.99. The Morgan fingerprint density at radius 2 is 1.77 bits per heavy atom. The first-order chi connectivity index (χ1) is 5.87. The van der Waals surface area contributed by atoms with Gasteiger partial charge in [0.15, 0.2) is 0 Å². The molecule has 0 N–H and O–H groups in total. The second-order valence-corrected chi connectivity index (χ2v) is 3.48. The van der Waals surface area contributed by atoms with Gasteiger partial charge in [0.1, 0.15) is 5.82 Å². The molecule has 0 fully saturated rings. The quantitative estimate of drug-likeness (QED) is 0.502. The van der Waals surface area contributed by atoms with E-state index in [1.54, 1.807) is 0 Å². The number of hydrogen-bond acceptors (Lipinski definition) is 1. The Kier molecular flexibility index (Phi) is 2.85. The van der Waals surface area contributed by atoms with E-state index >= 15 is 0 Å². The van der Waals surface area contributed by atoms with Crippen molar-refractivity contribution < 1.29 is 17.6 Å². The maximum absolute atomic E-state index is 12.6. The first-order valence-electron chi connectivity index (χ1n) is 3.25. The molecule has 1 aromatic carbocycles. The van der Waals surface area contributed by atoms with Crippen LogP contribution in [0, 0.1) is 12.7 Å². The summed E-state index contributed by atoms with van der Waals surface area (Å²) in [6, 6.07) is 3.08. The van der Waals surface area contributed by atoms with Crippen LogP contribution in [0.4, 0.5) is 17.6 Å². The van der Waals surface area contributed by atoms with Crippen molar-refractivity contribution in [2.45, 2.75) is 10.4 Å². The monoisotopic (exact) mass is 209 g/mol. The fourth-order valence-electron chi connectivity index (χ4n) is 0.813. The lowest BCUT2D eigenvalue weighted by atomic mass is 10.2. The molecule has 0 saturated heterocycles. The van der Waals surface area contributed by atoms with Gasteiger partial charge in [0.2, 0.25) is 0 Å². The van der Waals surface area contributed by atoms with Crippen LogP contribution in [0.3, 0.4) is 0 Å². The third-order valence-corrected chi connectivity index (χ3v) is 1.87. The number of halogens is 4. The number of alkyl halides is 3. The lowest BCUT2D eigenvalue weighted by Gasteiger charge is -2.05. The molecule has 1 rings (SSSR count). The van der Waals surface area contributed by atoms with Gasteiger partial charge in [-0.05, 0) is 42.4 Å². The number of hydrogen-bond donors (Lipinski definition) is 0. The molecule has 0 heterocycles. The Morgan fingerprint density at radius 3 is 2.23 bits per heavy atom. The third kappa shape index (κ3) is 3.67. The summed E-state index contributed by atoms with van der Waals surface area (Å²) in [7, 11) is 0. The van der Waals surface area contributed by atoms with Crippen molar-refractivity contribution in [3.63, 3.8) is 0 Å². The first kappa shape index (κ1) is 10.4. The van der Waals surface area contributed by atoms with Gasteiger partial charge in [0.25, 0.3) is 0 Å². The van der Waals surface area contributed by atoms with E-state index in [9.17, 15) is 17.6 Å². The minimum atomic E-state index is -4.39. The molecule has 1 aromatic rings. The normalized spacial score (nSPS) is 11.8. The molecular weight excluding hydrogens is 204 g/mol. The first-order valence-corrected chi connectivity index (χ1v) is 4.07. The van der Waals surface area contributed by atoms with E-state index in [1.165, 1.54) is 6.07 Å². The highest BCUT2D eigenvalue weighted by Gasteiger charge is 2.29. The standard InChI is InChI=1S/C8H5F4S/c1-5-2-6(9)4-7(3-5)13-8(10,11)12/h2-4H,1H2. The van der Waals surface area contributed by atoms with Crippen LogP contribution in [0.25, 0.3) is 0 Å². The van der Waals surface area contributed by atoms with Gasteiger partial charge in [-0.15, -0.1) is 0 Å². The second-order valence-electron chi connectivity index (χ2n) is 2.34. The van der Waals surface area contributed by atoms with Crippen LogP contribution in [-0.2, 0) is 0 Å². The largest absolute Gasteiger partial charge is 0.446 e. The molecule has 0 aliphatic rings. The molecule has 0 atom stereocenters. The van der Waals surface area contributed by atoms with E-state index in [2.05, 4.69) is 6.92 Å². The summed E-state index contributed by atoms with van der Waals surface area (Å²) in [5, 5.41) is 0. The highest BCUT2D eigenvalue weighted by molar-refractivity contribution is 8.00. The van der Waals surface area contributed by atoms with Gasteiger partial charge in [-0.1, -0.05) is 0 Å². The fraction of sp³-hybridized carbons (Fsp3) is 0.125. The molecule has 13 heavy (non-hydrogen) atoms. The van der Waals surface area contributed by atoms with Gasteiger partial charge in [0.05, 0.1) is 0 Å². The zero-order chi connectivity index (χ0) is 10.1. The molecule has 0 aromatic heterocycles. The second kappa shape index (κ2) is 3.57. The summed E-state index contributed by atoms with van der Waals surface area (Å²) in [6.45, 7) is 3.35.